The van der Waals surface area contributed by atoms with Gasteiger partial charge in [0.05, 0.1) is 23.7 Å². The number of sulfonamides is 1. The first-order valence-corrected chi connectivity index (χ1v) is 21.6. The Labute approximate surface area is 328 Å². The van der Waals surface area contributed by atoms with Crippen LogP contribution in [0.25, 0.3) is 11.4 Å². The van der Waals surface area contributed by atoms with Crippen molar-refractivity contribution in [2.75, 3.05) is 18.4 Å². The van der Waals surface area contributed by atoms with Gasteiger partial charge in [-0.3, -0.25) is 24.1 Å². The second-order valence-electron chi connectivity index (χ2n) is 15.3. The Kier molecular flexibility index (Phi) is 10.6. The van der Waals surface area contributed by atoms with Crippen LogP contribution in [0, 0.1) is 11.7 Å². The Morgan fingerprint density at radius 1 is 1.04 bits per heavy atom. The molecular formula is C39H44FN7O7S2. The van der Waals surface area contributed by atoms with Crippen molar-refractivity contribution in [1.29, 1.82) is 0 Å². The van der Waals surface area contributed by atoms with Crippen molar-refractivity contribution >= 4 is 50.3 Å². The molecule has 0 bridgehead atoms. The highest BCUT2D eigenvalue weighted by Crippen LogP contribution is 2.46. The fourth-order valence-electron chi connectivity index (χ4n) is 7.85. The van der Waals surface area contributed by atoms with E-state index in [2.05, 4.69) is 25.3 Å². The van der Waals surface area contributed by atoms with Crippen molar-refractivity contribution in [3.63, 3.8) is 0 Å². The molecule has 5 atom stereocenters. The number of benzene rings is 1. The number of nitrogens with zero attached hydrogens (tertiary/aromatic N) is 4. The zero-order valence-electron chi connectivity index (χ0n) is 30.7. The first-order chi connectivity index (χ1) is 27.0. The lowest BCUT2D eigenvalue weighted by Crippen LogP contribution is -2.57. The number of thiazole rings is 1. The van der Waals surface area contributed by atoms with Crippen LogP contribution in [-0.2, 0) is 42.1 Å². The molecular weight excluding hydrogens is 762 g/mol. The summed E-state index contributed by atoms with van der Waals surface area (Å²) >= 11 is 1.26. The zero-order chi connectivity index (χ0) is 39.0. The van der Waals surface area contributed by atoms with Gasteiger partial charge in [0.2, 0.25) is 21.8 Å². The third-order valence-electron chi connectivity index (χ3n) is 11.3. The lowest BCUT2D eigenvalue weighted by atomic mass is 10.0. The van der Waals surface area contributed by atoms with E-state index < -0.39 is 74.5 Å². The number of aromatic nitrogens is 2. The number of anilines is 1. The van der Waals surface area contributed by atoms with Crippen LogP contribution < -0.4 is 15.4 Å². The predicted molar refractivity (Wildman–Crippen MR) is 205 cm³/mol. The Bertz CT molecular complexity index is 2140. The van der Waals surface area contributed by atoms with Crippen molar-refractivity contribution in [3.8, 4) is 11.4 Å². The first kappa shape index (κ1) is 38.0. The molecule has 2 aromatic heterocycles. The van der Waals surface area contributed by atoms with Crippen molar-refractivity contribution in [2.45, 2.75) is 99.7 Å². The molecule has 296 valence electrons. The van der Waals surface area contributed by atoms with E-state index in [0.29, 0.717) is 68.1 Å². The van der Waals surface area contributed by atoms with Crippen LogP contribution >= 0.6 is 11.3 Å². The molecule has 3 aromatic rings. The number of hydrogen-bond donors (Lipinski definition) is 3. The van der Waals surface area contributed by atoms with E-state index in [1.807, 2.05) is 36.4 Å². The van der Waals surface area contributed by atoms with Crippen LogP contribution in [0.1, 0.15) is 68.9 Å². The number of fused-ring (bicyclic) bond motifs is 3. The quantitative estimate of drug-likeness (QED) is 0.292. The van der Waals surface area contributed by atoms with Crippen LogP contribution in [0.4, 0.5) is 14.3 Å². The Morgan fingerprint density at radius 2 is 1.86 bits per heavy atom. The van der Waals surface area contributed by atoms with Gasteiger partial charge in [-0.1, -0.05) is 49.3 Å². The molecule has 1 saturated heterocycles. The minimum Gasteiger partial charge on any atom is -0.444 e. The molecule has 0 unspecified atom stereocenters. The summed E-state index contributed by atoms with van der Waals surface area (Å²) in [5.41, 5.74) is 1.66. The molecule has 1 aromatic carbocycles. The van der Waals surface area contributed by atoms with E-state index >= 15 is 0 Å². The summed E-state index contributed by atoms with van der Waals surface area (Å²) < 4.78 is 47.5. The Balaban J connectivity index is 1.05. The standard InChI is InChI=1S/C39H44FN7O7S2/c40-27-12-15-30(41-20-27)32-23-55-37(43-32)42-31-11-5-3-1-2-4-10-26-19-39(26,36(50)45-56(52,53)29-13-14-29)44-34(48)33-18-28(22-47(33)35(31)49)54-38(51)46-17-16-24-8-6-7-9-25(24)21-46/h4,6-10,12,15,20,23,26,28-29,31,33H,1-3,5,11,13-14,16-19,21-22H2,(H,42,43)(H,44,48)(H,45,50)/t26-,28-,31+,33+,39-/m1/s1. The lowest BCUT2D eigenvalue weighted by Gasteiger charge is -2.30. The number of ether oxygens (including phenoxy) is 1. The van der Waals surface area contributed by atoms with Crippen LogP contribution in [0.3, 0.4) is 0 Å². The largest absolute Gasteiger partial charge is 0.444 e. The summed E-state index contributed by atoms with van der Waals surface area (Å²) in [6.07, 6.45) is 8.77. The maximum Gasteiger partial charge on any atom is 0.410 e. The topological polar surface area (TPSA) is 180 Å². The van der Waals surface area contributed by atoms with Gasteiger partial charge in [-0.05, 0) is 68.2 Å². The highest BCUT2D eigenvalue weighted by atomic mass is 32.2. The number of nitrogens with one attached hydrogen (secondary N) is 3. The molecule has 8 rings (SSSR count). The molecule has 3 fully saturated rings. The number of rotatable bonds is 7. The fourth-order valence-corrected chi connectivity index (χ4v) is 9.97. The van der Waals surface area contributed by atoms with Gasteiger partial charge >= 0.3 is 6.09 Å². The van der Waals surface area contributed by atoms with Gasteiger partial charge in [-0.2, -0.15) is 0 Å². The van der Waals surface area contributed by atoms with Crippen molar-refractivity contribution < 1.29 is 36.7 Å². The summed E-state index contributed by atoms with van der Waals surface area (Å²) in [6.45, 7) is 0.771. The summed E-state index contributed by atoms with van der Waals surface area (Å²) in [5.74, 6) is -2.74. The van der Waals surface area contributed by atoms with Crippen LogP contribution in [0.2, 0.25) is 0 Å². The number of hydrogen-bond acceptors (Lipinski definition) is 11. The molecule has 5 heterocycles. The minimum atomic E-state index is -3.90. The average molecular weight is 806 g/mol. The molecule has 17 heteroatoms. The molecule has 2 saturated carbocycles. The number of allylic oxidation sites excluding steroid dienone is 1. The van der Waals surface area contributed by atoms with Crippen LogP contribution in [-0.4, -0.2) is 94.1 Å². The Morgan fingerprint density at radius 3 is 2.64 bits per heavy atom. The molecule has 14 nitrogen and oxygen atoms in total. The first-order valence-electron chi connectivity index (χ1n) is 19.2. The average Bonchev–Trinajstić information content (AvgIpc) is 4.07. The predicted octanol–water partition coefficient (Wildman–Crippen LogP) is 4.29. The van der Waals surface area contributed by atoms with E-state index in [0.717, 1.165) is 24.6 Å². The summed E-state index contributed by atoms with van der Waals surface area (Å²) in [7, 11) is -3.90. The van der Waals surface area contributed by atoms with E-state index in [4.69, 9.17) is 4.74 Å². The maximum absolute atomic E-state index is 14.7. The van der Waals surface area contributed by atoms with Gasteiger partial charge in [-0.25, -0.2) is 22.6 Å². The molecule has 3 N–H and O–H groups in total. The second-order valence-corrected chi connectivity index (χ2v) is 18.1. The fraction of sp³-hybridized carbons (Fsp3) is 0.487. The second kappa shape index (κ2) is 15.6. The molecule has 0 spiro atoms. The van der Waals surface area contributed by atoms with Crippen LogP contribution in [0.15, 0.2) is 60.1 Å². The van der Waals surface area contributed by atoms with Gasteiger partial charge in [0.15, 0.2) is 5.13 Å². The van der Waals surface area contributed by atoms with E-state index in [1.165, 1.54) is 33.9 Å². The van der Waals surface area contributed by atoms with E-state index in [1.54, 1.807) is 10.3 Å². The number of carbonyl (C=O) groups excluding carboxylic acids is 4. The van der Waals surface area contributed by atoms with Crippen molar-refractivity contribution in [3.05, 3.63) is 77.1 Å². The summed E-state index contributed by atoms with van der Waals surface area (Å²) in [5, 5.41) is 7.71. The maximum atomic E-state index is 14.7. The van der Waals surface area contributed by atoms with Crippen LogP contribution in [0.5, 0.6) is 0 Å². The molecule has 0 radical (unpaired) electrons. The van der Waals surface area contributed by atoms with Gasteiger partial charge in [0.25, 0.3) is 5.91 Å². The van der Waals surface area contributed by atoms with E-state index in [-0.39, 0.29) is 19.4 Å². The van der Waals surface area contributed by atoms with Crippen molar-refractivity contribution in [1.82, 2.24) is 29.8 Å². The number of halogens is 1. The number of amides is 4. The number of carbonyl (C=O) groups is 4. The van der Waals surface area contributed by atoms with Crippen molar-refractivity contribution in [2.24, 2.45) is 5.92 Å². The third kappa shape index (κ3) is 8.14. The highest BCUT2D eigenvalue weighted by Gasteiger charge is 2.62. The summed E-state index contributed by atoms with van der Waals surface area (Å²) in [6, 6.07) is 8.78. The molecule has 3 aliphatic heterocycles. The highest BCUT2D eigenvalue weighted by molar-refractivity contribution is 7.91. The number of pyridine rings is 1. The molecule has 4 amide bonds. The zero-order valence-corrected chi connectivity index (χ0v) is 32.3. The Hall–Kier alpha value is -4.90. The van der Waals surface area contributed by atoms with Gasteiger partial charge in [-0.15, -0.1) is 11.3 Å². The molecule has 2 aliphatic carbocycles. The SMILES string of the molecule is O=C1N[C@]2(C(=O)NS(=O)(=O)C3CC3)C[C@H]2C=CCCCCC[C@H](Nc2nc(-c3ccc(F)cn3)cs2)C(=O)N2C[C@H](OC(=O)N3CCc4ccccc4C3)C[C@@H]12. The smallest absolute Gasteiger partial charge is 0.410 e. The lowest BCUT2D eigenvalue weighted by molar-refractivity contribution is -0.140. The third-order valence-corrected chi connectivity index (χ3v) is 13.9. The minimum absolute atomic E-state index is 0.0172. The van der Waals surface area contributed by atoms with Gasteiger partial charge in [0.1, 0.15) is 35.2 Å². The molecule has 56 heavy (non-hydrogen) atoms. The summed E-state index contributed by atoms with van der Waals surface area (Å²) in [4.78, 5) is 68.1. The van der Waals surface area contributed by atoms with E-state index in [9.17, 15) is 32.0 Å². The normalized spacial score (nSPS) is 26.8. The monoisotopic (exact) mass is 805 g/mol. The van der Waals surface area contributed by atoms with Gasteiger partial charge in [0, 0.05) is 30.8 Å². The molecule has 5 aliphatic rings. The van der Waals surface area contributed by atoms with Gasteiger partial charge < -0.3 is 25.2 Å².